The molecule has 2 N–H and O–H groups in total. The average Bonchev–Trinajstić information content (AvgIpc) is 2.92. The highest BCUT2D eigenvalue weighted by Crippen LogP contribution is 2.18. The number of amides is 1. The van der Waals surface area contributed by atoms with Crippen LogP contribution in [-0.2, 0) is 0 Å². The second-order valence-electron chi connectivity index (χ2n) is 3.92. The zero-order valence-electron chi connectivity index (χ0n) is 10.3. The van der Waals surface area contributed by atoms with E-state index in [1.54, 1.807) is 36.8 Å². The highest BCUT2D eigenvalue weighted by atomic mass is 32.1. The van der Waals surface area contributed by atoms with E-state index in [2.05, 4.69) is 15.6 Å². The Labute approximate surface area is 110 Å². The van der Waals surface area contributed by atoms with Gasteiger partial charge in [-0.1, -0.05) is 0 Å². The first kappa shape index (κ1) is 12.6. The van der Waals surface area contributed by atoms with Gasteiger partial charge in [0.2, 0.25) is 0 Å². The Kier molecular flexibility index (Phi) is 3.94. The molecule has 5 heteroatoms. The molecule has 1 amide bonds. The Balaban J connectivity index is 2.12. The molecule has 0 spiro atoms. The molecule has 0 saturated heterocycles. The SMILES string of the molecule is CNc1ccncc1C(=O)NC(C)c1ccsc1. The van der Waals surface area contributed by atoms with Crippen LogP contribution in [0.2, 0.25) is 0 Å². The maximum Gasteiger partial charge on any atom is 0.255 e. The molecule has 0 aromatic carbocycles. The highest BCUT2D eigenvalue weighted by Gasteiger charge is 2.14. The second-order valence-corrected chi connectivity index (χ2v) is 4.70. The van der Waals surface area contributed by atoms with E-state index in [0.717, 1.165) is 11.3 Å². The van der Waals surface area contributed by atoms with E-state index in [4.69, 9.17) is 0 Å². The molecule has 0 aliphatic heterocycles. The summed E-state index contributed by atoms with van der Waals surface area (Å²) >= 11 is 1.62. The van der Waals surface area contributed by atoms with Gasteiger partial charge in [0.15, 0.2) is 0 Å². The average molecular weight is 261 g/mol. The van der Waals surface area contributed by atoms with Crippen LogP contribution in [0.1, 0.15) is 28.9 Å². The lowest BCUT2D eigenvalue weighted by atomic mass is 10.1. The minimum absolute atomic E-state index is 0.00587. The van der Waals surface area contributed by atoms with Crippen LogP contribution in [0, 0.1) is 0 Å². The quantitative estimate of drug-likeness (QED) is 0.889. The number of carbonyl (C=O) groups is 1. The van der Waals surface area contributed by atoms with E-state index < -0.39 is 0 Å². The Morgan fingerprint density at radius 1 is 1.44 bits per heavy atom. The lowest BCUT2D eigenvalue weighted by molar-refractivity contribution is 0.0940. The van der Waals surface area contributed by atoms with E-state index in [1.165, 1.54) is 0 Å². The highest BCUT2D eigenvalue weighted by molar-refractivity contribution is 7.07. The standard InChI is InChI=1S/C13H15N3OS/c1-9(10-4-6-18-8-10)16-13(17)11-7-15-5-3-12(11)14-2/h3-9H,1-2H3,(H,14,15)(H,16,17). The fraction of sp³-hybridized carbons (Fsp3) is 0.231. The summed E-state index contributed by atoms with van der Waals surface area (Å²) in [6.45, 7) is 1.97. The van der Waals surface area contributed by atoms with Crippen LogP contribution >= 0.6 is 11.3 Å². The van der Waals surface area contributed by atoms with Gasteiger partial charge in [0.1, 0.15) is 0 Å². The second kappa shape index (κ2) is 5.64. The Bertz CT molecular complexity index is 525. The molecule has 18 heavy (non-hydrogen) atoms. The third-order valence-corrected chi connectivity index (χ3v) is 3.43. The number of hydrogen-bond acceptors (Lipinski definition) is 4. The lowest BCUT2D eigenvalue weighted by Crippen LogP contribution is -2.27. The predicted octanol–water partition coefficient (Wildman–Crippen LogP) is 2.68. The fourth-order valence-corrected chi connectivity index (χ4v) is 2.43. The first-order valence-electron chi connectivity index (χ1n) is 5.67. The maximum absolute atomic E-state index is 12.1. The molecule has 0 aliphatic rings. The molecule has 0 radical (unpaired) electrons. The number of nitrogens with one attached hydrogen (secondary N) is 2. The summed E-state index contributed by atoms with van der Waals surface area (Å²) in [5.41, 5.74) is 2.45. The van der Waals surface area contributed by atoms with Crippen LogP contribution < -0.4 is 10.6 Å². The van der Waals surface area contributed by atoms with Crippen LogP contribution in [0.15, 0.2) is 35.3 Å². The van der Waals surface area contributed by atoms with Gasteiger partial charge in [0, 0.05) is 25.1 Å². The van der Waals surface area contributed by atoms with Gasteiger partial charge < -0.3 is 10.6 Å². The Morgan fingerprint density at radius 3 is 2.94 bits per heavy atom. The van der Waals surface area contributed by atoms with E-state index in [9.17, 15) is 4.79 Å². The zero-order chi connectivity index (χ0) is 13.0. The molecule has 0 fully saturated rings. The largest absolute Gasteiger partial charge is 0.387 e. The van der Waals surface area contributed by atoms with Gasteiger partial charge in [-0.25, -0.2) is 0 Å². The number of aromatic nitrogens is 1. The van der Waals surface area contributed by atoms with Crippen LogP contribution in [0.25, 0.3) is 0 Å². The van der Waals surface area contributed by atoms with Gasteiger partial charge in [0.25, 0.3) is 5.91 Å². The maximum atomic E-state index is 12.1. The summed E-state index contributed by atoms with van der Waals surface area (Å²) in [5.74, 6) is -0.119. The van der Waals surface area contributed by atoms with Gasteiger partial charge in [-0.05, 0) is 35.4 Å². The van der Waals surface area contributed by atoms with Crippen molar-refractivity contribution in [3.63, 3.8) is 0 Å². The van der Waals surface area contributed by atoms with Crippen molar-refractivity contribution in [2.24, 2.45) is 0 Å². The lowest BCUT2D eigenvalue weighted by Gasteiger charge is -2.14. The summed E-state index contributed by atoms with van der Waals surface area (Å²) in [7, 11) is 1.79. The first-order chi connectivity index (χ1) is 8.72. The number of pyridine rings is 1. The summed E-state index contributed by atoms with van der Waals surface area (Å²) in [6.07, 6.45) is 3.23. The van der Waals surface area contributed by atoms with Crippen molar-refractivity contribution >= 4 is 22.9 Å². The molecule has 2 heterocycles. The fourth-order valence-electron chi connectivity index (χ4n) is 1.67. The number of carbonyl (C=O) groups excluding carboxylic acids is 1. The zero-order valence-corrected chi connectivity index (χ0v) is 11.1. The van der Waals surface area contributed by atoms with Gasteiger partial charge >= 0.3 is 0 Å². The molecule has 1 atom stereocenters. The van der Waals surface area contributed by atoms with Crippen molar-refractivity contribution in [1.82, 2.24) is 10.3 Å². The number of hydrogen-bond donors (Lipinski definition) is 2. The molecule has 0 bridgehead atoms. The molecular weight excluding hydrogens is 246 g/mol. The van der Waals surface area contributed by atoms with Crippen molar-refractivity contribution in [3.05, 3.63) is 46.4 Å². The number of thiophene rings is 1. The molecule has 2 aromatic heterocycles. The summed E-state index contributed by atoms with van der Waals surface area (Å²) in [4.78, 5) is 16.1. The van der Waals surface area contributed by atoms with Gasteiger partial charge in [-0.3, -0.25) is 9.78 Å². The van der Waals surface area contributed by atoms with Crippen molar-refractivity contribution in [2.75, 3.05) is 12.4 Å². The minimum atomic E-state index is -0.119. The van der Waals surface area contributed by atoms with Gasteiger partial charge in [-0.15, -0.1) is 0 Å². The predicted molar refractivity (Wildman–Crippen MR) is 74.0 cm³/mol. The third kappa shape index (κ3) is 2.68. The Hall–Kier alpha value is -1.88. The van der Waals surface area contributed by atoms with Crippen LogP contribution in [0.5, 0.6) is 0 Å². The van der Waals surface area contributed by atoms with Crippen LogP contribution in [-0.4, -0.2) is 17.9 Å². The van der Waals surface area contributed by atoms with E-state index >= 15 is 0 Å². The molecule has 0 saturated carbocycles. The van der Waals surface area contributed by atoms with Crippen LogP contribution in [0.3, 0.4) is 0 Å². The summed E-state index contributed by atoms with van der Waals surface area (Å²) in [6, 6.07) is 3.79. The first-order valence-corrected chi connectivity index (χ1v) is 6.61. The molecule has 94 valence electrons. The van der Waals surface area contributed by atoms with Crippen molar-refractivity contribution in [1.29, 1.82) is 0 Å². The van der Waals surface area contributed by atoms with Crippen molar-refractivity contribution < 1.29 is 4.79 Å². The third-order valence-electron chi connectivity index (χ3n) is 2.73. The van der Waals surface area contributed by atoms with E-state index in [1.807, 2.05) is 23.8 Å². The smallest absolute Gasteiger partial charge is 0.255 e. The monoisotopic (exact) mass is 261 g/mol. The molecule has 4 nitrogen and oxygen atoms in total. The molecule has 2 rings (SSSR count). The summed E-state index contributed by atoms with van der Waals surface area (Å²) < 4.78 is 0. The van der Waals surface area contributed by atoms with Gasteiger partial charge in [-0.2, -0.15) is 11.3 Å². The van der Waals surface area contributed by atoms with Crippen molar-refractivity contribution in [3.8, 4) is 0 Å². The molecule has 2 aromatic rings. The Morgan fingerprint density at radius 2 is 2.28 bits per heavy atom. The molecule has 1 unspecified atom stereocenters. The van der Waals surface area contributed by atoms with Gasteiger partial charge in [0.05, 0.1) is 11.6 Å². The minimum Gasteiger partial charge on any atom is -0.387 e. The topological polar surface area (TPSA) is 54.0 Å². The van der Waals surface area contributed by atoms with Crippen LogP contribution in [0.4, 0.5) is 5.69 Å². The van der Waals surface area contributed by atoms with E-state index in [-0.39, 0.29) is 11.9 Å². The number of anilines is 1. The van der Waals surface area contributed by atoms with Crippen molar-refractivity contribution in [2.45, 2.75) is 13.0 Å². The molecular formula is C13H15N3OS. The molecule has 0 aliphatic carbocycles. The number of nitrogens with zero attached hydrogens (tertiary/aromatic N) is 1. The summed E-state index contributed by atoms with van der Waals surface area (Å²) in [5, 5.41) is 9.98. The van der Waals surface area contributed by atoms with E-state index in [0.29, 0.717) is 5.56 Å². The number of rotatable bonds is 4. The normalized spacial score (nSPS) is 11.9.